The van der Waals surface area contributed by atoms with E-state index in [2.05, 4.69) is 0 Å². The molecule has 39 heavy (non-hydrogen) atoms. The Hall–Kier alpha value is -4.88. The lowest BCUT2D eigenvalue weighted by Crippen LogP contribution is -2.25. The van der Waals surface area contributed by atoms with E-state index in [0.29, 0.717) is 40.6 Å². The molecule has 0 aliphatic carbocycles. The number of nitrogens with zero attached hydrogens (tertiary/aromatic N) is 1. The summed E-state index contributed by atoms with van der Waals surface area (Å²) in [5, 5.41) is 9.62. The van der Waals surface area contributed by atoms with Crippen molar-refractivity contribution in [1.29, 1.82) is 0 Å². The predicted octanol–water partition coefficient (Wildman–Crippen LogP) is 6.95. The predicted molar refractivity (Wildman–Crippen MR) is 148 cm³/mol. The molecule has 2 heterocycles. The van der Waals surface area contributed by atoms with Crippen LogP contribution in [0.4, 0.5) is 5.69 Å². The third-order valence-electron chi connectivity index (χ3n) is 6.10. The van der Waals surface area contributed by atoms with Gasteiger partial charge >= 0.3 is 11.9 Å². The second-order valence-electron chi connectivity index (χ2n) is 8.60. The Bertz CT molecular complexity index is 1630. The zero-order valence-corrected chi connectivity index (χ0v) is 21.5. The Morgan fingerprint density at radius 3 is 2.41 bits per heavy atom. The van der Waals surface area contributed by atoms with Crippen LogP contribution in [0.15, 0.2) is 101 Å². The number of carbonyl (C=O) groups is 3. The zero-order chi connectivity index (χ0) is 27.5. The number of esters is 1. The number of ether oxygens (including phenoxy) is 1. The zero-order valence-electron chi connectivity index (χ0n) is 20.8. The van der Waals surface area contributed by atoms with Gasteiger partial charge in [0.25, 0.3) is 5.91 Å². The van der Waals surface area contributed by atoms with Crippen LogP contribution in [0.3, 0.4) is 0 Å². The van der Waals surface area contributed by atoms with Crippen LogP contribution < -0.4 is 4.90 Å². The number of hydrogen-bond donors (Lipinski definition) is 1. The van der Waals surface area contributed by atoms with E-state index in [9.17, 15) is 19.5 Å². The monoisotopic (exact) mass is 539 g/mol. The molecular formula is C31H22ClNO6. The Morgan fingerprint density at radius 2 is 1.72 bits per heavy atom. The normalized spacial score (nSPS) is 14.0. The van der Waals surface area contributed by atoms with E-state index in [4.69, 9.17) is 20.8 Å². The fraction of sp³-hybridized carbons (Fsp3) is 0.0645. The van der Waals surface area contributed by atoms with E-state index < -0.39 is 11.9 Å². The molecule has 0 spiro atoms. The molecule has 7 nitrogen and oxygen atoms in total. The van der Waals surface area contributed by atoms with Crippen molar-refractivity contribution in [2.45, 2.75) is 6.92 Å². The summed E-state index contributed by atoms with van der Waals surface area (Å²) in [6, 6.07) is 24.2. The quantitative estimate of drug-likeness (QED) is 0.202. The van der Waals surface area contributed by atoms with Crippen molar-refractivity contribution in [3.8, 4) is 11.3 Å². The summed E-state index contributed by atoms with van der Waals surface area (Å²) in [5.74, 6) is -0.904. The first-order valence-corrected chi connectivity index (χ1v) is 12.5. The molecule has 0 bridgehead atoms. The fourth-order valence-corrected chi connectivity index (χ4v) is 4.43. The summed E-state index contributed by atoms with van der Waals surface area (Å²) in [6.45, 7) is 2.05. The van der Waals surface area contributed by atoms with Gasteiger partial charge in [0.05, 0.1) is 34.1 Å². The van der Waals surface area contributed by atoms with Gasteiger partial charge < -0.3 is 14.3 Å². The number of carboxylic acids is 1. The third-order valence-corrected chi connectivity index (χ3v) is 6.43. The summed E-state index contributed by atoms with van der Waals surface area (Å²) < 4.78 is 11.0. The Kier molecular flexibility index (Phi) is 7.17. The van der Waals surface area contributed by atoms with E-state index in [-0.39, 0.29) is 16.5 Å². The van der Waals surface area contributed by atoms with Crippen molar-refractivity contribution < 1.29 is 28.6 Å². The van der Waals surface area contributed by atoms with Crippen molar-refractivity contribution in [1.82, 2.24) is 0 Å². The first-order valence-electron chi connectivity index (χ1n) is 12.1. The number of hydrogen-bond acceptors (Lipinski definition) is 5. The molecule has 3 aromatic carbocycles. The molecule has 0 atom stereocenters. The maximum absolute atomic E-state index is 13.6. The molecular weight excluding hydrogens is 518 g/mol. The molecule has 0 saturated heterocycles. The van der Waals surface area contributed by atoms with E-state index in [1.165, 1.54) is 17.0 Å². The van der Waals surface area contributed by atoms with Gasteiger partial charge in [-0.25, -0.2) is 9.59 Å². The minimum absolute atomic E-state index is 0.0808. The highest BCUT2D eigenvalue weighted by Crippen LogP contribution is 2.37. The van der Waals surface area contributed by atoms with E-state index in [0.717, 1.165) is 11.1 Å². The Morgan fingerprint density at radius 1 is 0.974 bits per heavy atom. The van der Waals surface area contributed by atoms with E-state index in [1.54, 1.807) is 61.5 Å². The third kappa shape index (κ3) is 5.26. The number of carboxylic acid groups (broad SMARTS) is 1. The van der Waals surface area contributed by atoms with Crippen molar-refractivity contribution in [2.75, 3.05) is 11.5 Å². The smallest absolute Gasteiger partial charge is 0.338 e. The molecule has 0 fully saturated rings. The van der Waals surface area contributed by atoms with Gasteiger partial charge in [0.15, 0.2) is 0 Å². The maximum Gasteiger partial charge on any atom is 0.338 e. The topological polar surface area (TPSA) is 97.0 Å². The van der Waals surface area contributed by atoms with Crippen LogP contribution in [0, 0.1) is 0 Å². The average molecular weight is 540 g/mol. The second kappa shape index (κ2) is 10.8. The van der Waals surface area contributed by atoms with Gasteiger partial charge in [-0.3, -0.25) is 9.69 Å². The number of rotatable bonds is 7. The van der Waals surface area contributed by atoms with Gasteiger partial charge in [-0.1, -0.05) is 54.1 Å². The molecule has 1 amide bonds. The lowest BCUT2D eigenvalue weighted by Gasteiger charge is -2.21. The van der Waals surface area contributed by atoms with Crippen LogP contribution in [0.1, 0.15) is 39.0 Å². The van der Waals surface area contributed by atoms with E-state index in [1.807, 2.05) is 30.3 Å². The lowest BCUT2D eigenvalue weighted by atomic mass is 10.1. The highest BCUT2D eigenvalue weighted by molar-refractivity contribution is 6.34. The molecule has 1 aromatic heterocycles. The van der Waals surface area contributed by atoms with Gasteiger partial charge in [-0.05, 0) is 67.1 Å². The van der Waals surface area contributed by atoms with Gasteiger partial charge in [0, 0.05) is 11.1 Å². The minimum Gasteiger partial charge on any atom is -0.478 e. The highest BCUT2D eigenvalue weighted by atomic mass is 35.5. The van der Waals surface area contributed by atoms with Crippen LogP contribution in [-0.2, 0) is 9.53 Å². The SMILES string of the molecule is CCOC(=O)c1ccc(-c2ccc(/C=C3/C=C(c4ccccc4)N(c4ccc(Cl)c(C(=O)O)c4)C3=O)o2)cc1. The minimum atomic E-state index is -1.19. The summed E-state index contributed by atoms with van der Waals surface area (Å²) in [5.41, 5.74) is 3.21. The van der Waals surface area contributed by atoms with Crippen molar-refractivity contribution in [3.63, 3.8) is 0 Å². The summed E-state index contributed by atoms with van der Waals surface area (Å²) in [6.07, 6.45) is 3.37. The first kappa shape index (κ1) is 25.8. The first-order chi connectivity index (χ1) is 18.9. The number of anilines is 1. The Balaban J connectivity index is 1.49. The van der Waals surface area contributed by atoms with Crippen LogP contribution in [0.2, 0.25) is 5.02 Å². The standard InChI is InChI=1S/C31H22ClNO6/c1-2-38-31(37)21-10-8-20(9-11-21)28-15-13-24(39-28)16-22-17-27(19-6-4-3-5-7-19)33(29(22)34)23-12-14-26(32)25(18-23)30(35)36/h3-18H,2H2,1H3,(H,35,36)/b22-16-. The lowest BCUT2D eigenvalue weighted by molar-refractivity contribution is -0.113. The second-order valence-corrected chi connectivity index (χ2v) is 9.01. The Labute approximate surface area is 229 Å². The number of aromatic carboxylic acids is 1. The number of benzene rings is 3. The van der Waals surface area contributed by atoms with Crippen LogP contribution in [-0.4, -0.2) is 29.6 Å². The molecule has 5 rings (SSSR count). The highest BCUT2D eigenvalue weighted by Gasteiger charge is 2.31. The molecule has 8 heteroatoms. The van der Waals surface area contributed by atoms with Crippen LogP contribution in [0.5, 0.6) is 0 Å². The molecule has 0 radical (unpaired) electrons. The molecule has 194 valence electrons. The van der Waals surface area contributed by atoms with Crippen molar-refractivity contribution >= 4 is 46.9 Å². The molecule has 1 aliphatic heterocycles. The van der Waals surface area contributed by atoms with Gasteiger partial charge in [0.2, 0.25) is 0 Å². The van der Waals surface area contributed by atoms with Crippen LogP contribution >= 0.6 is 11.6 Å². The fourth-order valence-electron chi connectivity index (χ4n) is 4.23. The summed E-state index contributed by atoms with van der Waals surface area (Å²) in [4.78, 5) is 38.7. The van der Waals surface area contributed by atoms with Crippen LogP contribution in [0.25, 0.3) is 23.1 Å². The number of halogens is 1. The molecule has 1 aliphatic rings. The summed E-state index contributed by atoms with van der Waals surface area (Å²) in [7, 11) is 0. The number of furan rings is 1. The average Bonchev–Trinajstić information content (AvgIpc) is 3.54. The number of amides is 1. The molecule has 1 N–H and O–H groups in total. The van der Waals surface area contributed by atoms with Gasteiger partial charge in [0.1, 0.15) is 11.5 Å². The van der Waals surface area contributed by atoms with Gasteiger partial charge in [-0.15, -0.1) is 0 Å². The molecule has 0 saturated carbocycles. The van der Waals surface area contributed by atoms with Gasteiger partial charge in [-0.2, -0.15) is 0 Å². The number of carbonyl (C=O) groups excluding carboxylic acids is 2. The van der Waals surface area contributed by atoms with Crippen molar-refractivity contribution in [3.05, 3.63) is 124 Å². The largest absolute Gasteiger partial charge is 0.478 e. The molecule has 4 aromatic rings. The van der Waals surface area contributed by atoms with E-state index >= 15 is 0 Å². The molecule has 0 unspecified atom stereocenters. The van der Waals surface area contributed by atoms with Crippen molar-refractivity contribution in [2.24, 2.45) is 0 Å². The maximum atomic E-state index is 13.6. The summed E-state index contributed by atoms with van der Waals surface area (Å²) >= 11 is 6.07.